The molecule has 0 spiro atoms. The van der Waals surface area contributed by atoms with E-state index in [0.29, 0.717) is 18.4 Å². The minimum Gasteiger partial charge on any atom is -0.311 e. The molecule has 2 aromatic rings. The van der Waals surface area contributed by atoms with Crippen LogP contribution in [0.4, 0.5) is 4.39 Å². The maximum Gasteiger partial charge on any atom is 0.249 e. The summed E-state index contributed by atoms with van der Waals surface area (Å²) in [5, 5.41) is 0. The number of ether oxygens (including phenoxy) is 1. The highest BCUT2D eigenvalue weighted by Crippen LogP contribution is 2.42. The van der Waals surface area contributed by atoms with E-state index in [-0.39, 0.29) is 5.82 Å². The fourth-order valence-electron chi connectivity index (χ4n) is 2.90. The molecule has 2 heterocycles. The summed E-state index contributed by atoms with van der Waals surface area (Å²) in [7, 11) is 0. The normalized spacial score (nSPS) is 30.4. The van der Waals surface area contributed by atoms with Crippen molar-refractivity contribution in [1.82, 2.24) is 0 Å². The number of halogens is 1. The molecule has 2 fully saturated rings. The Balaban J connectivity index is 1.63. The fraction of sp³-hybridized carbons (Fsp3) is 0.333. The van der Waals surface area contributed by atoms with E-state index < -0.39 is 18.4 Å². The topological polar surface area (TPSA) is 46.2 Å². The Hall–Kier alpha value is -1.83. The molecule has 0 amide bonds. The van der Waals surface area contributed by atoms with Crippen molar-refractivity contribution in [3.63, 3.8) is 0 Å². The number of rotatable bonds is 2. The average molecular weight is 332 g/mol. The van der Waals surface area contributed by atoms with Gasteiger partial charge in [-0.15, -0.1) is 0 Å². The van der Waals surface area contributed by atoms with Gasteiger partial charge in [0.2, 0.25) is 12.1 Å². The van der Waals surface area contributed by atoms with Crippen molar-refractivity contribution in [3.8, 4) is 0 Å². The molecule has 5 nitrogen and oxygen atoms in total. The Morgan fingerprint density at radius 2 is 1.71 bits per heavy atom. The van der Waals surface area contributed by atoms with Crippen LogP contribution in [-0.2, 0) is 30.1 Å². The van der Waals surface area contributed by atoms with E-state index in [9.17, 15) is 4.39 Å². The molecule has 2 saturated heterocycles. The molecule has 0 radical (unpaired) electrons. The zero-order chi connectivity index (χ0) is 16.4. The van der Waals surface area contributed by atoms with Crippen LogP contribution in [0.15, 0.2) is 54.6 Å². The summed E-state index contributed by atoms with van der Waals surface area (Å²) in [6.07, 6.45) is 0.618. The van der Waals surface area contributed by atoms with E-state index >= 15 is 0 Å². The lowest BCUT2D eigenvalue weighted by Crippen LogP contribution is -2.44. The second-order valence-corrected chi connectivity index (χ2v) is 5.81. The minimum atomic E-state index is -1.15. The standard InChI is InChI=1S/C18H17FO5/c19-15-10-8-14(9-11-15)18-12-4-7-16(20-18)21-22-17(23-24-18)13-5-2-1-3-6-13/h1-3,5-6,8-11,16-17H,4,7,12H2/t16-,17-,18-/m1/s1. The zero-order valence-electron chi connectivity index (χ0n) is 12.9. The highest BCUT2D eigenvalue weighted by atomic mass is 19.1. The molecule has 0 aliphatic carbocycles. The predicted octanol–water partition coefficient (Wildman–Crippen LogP) is 4.11. The Kier molecular flexibility index (Phi) is 4.30. The van der Waals surface area contributed by atoms with Crippen LogP contribution in [-0.4, -0.2) is 6.29 Å². The van der Waals surface area contributed by atoms with Gasteiger partial charge in [-0.05, 0) is 18.6 Å². The number of hydrogen-bond donors (Lipinski definition) is 0. The first kappa shape index (κ1) is 15.7. The maximum atomic E-state index is 13.2. The fourth-order valence-corrected chi connectivity index (χ4v) is 2.90. The first-order valence-corrected chi connectivity index (χ1v) is 7.91. The summed E-state index contributed by atoms with van der Waals surface area (Å²) in [5.41, 5.74) is 1.43. The summed E-state index contributed by atoms with van der Waals surface area (Å²) in [4.78, 5) is 21.9. The van der Waals surface area contributed by atoms with E-state index in [1.807, 2.05) is 30.3 Å². The molecule has 3 atom stereocenters. The lowest BCUT2D eigenvalue weighted by atomic mass is 9.97. The Labute approximate surface area is 138 Å². The van der Waals surface area contributed by atoms with Gasteiger partial charge in [0, 0.05) is 24.0 Å². The van der Waals surface area contributed by atoms with E-state index in [1.54, 1.807) is 12.1 Å². The summed E-state index contributed by atoms with van der Waals surface area (Å²) < 4.78 is 19.2. The zero-order valence-corrected chi connectivity index (χ0v) is 12.9. The molecule has 2 aromatic carbocycles. The number of fused-ring (bicyclic) bond motifs is 2. The van der Waals surface area contributed by atoms with Crippen LogP contribution in [0.3, 0.4) is 0 Å². The molecule has 2 aliphatic heterocycles. The molecule has 2 bridgehead atoms. The van der Waals surface area contributed by atoms with Gasteiger partial charge in [0.15, 0.2) is 6.29 Å². The highest BCUT2D eigenvalue weighted by molar-refractivity contribution is 5.22. The Morgan fingerprint density at radius 1 is 0.917 bits per heavy atom. The molecular weight excluding hydrogens is 315 g/mol. The van der Waals surface area contributed by atoms with Crippen molar-refractivity contribution >= 4 is 0 Å². The molecule has 0 N–H and O–H groups in total. The van der Waals surface area contributed by atoms with Crippen LogP contribution in [0.1, 0.15) is 36.7 Å². The van der Waals surface area contributed by atoms with Crippen LogP contribution in [0.25, 0.3) is 0 Å². The van der Waals surface area contributed by atoms with Crippen molar-refractivity contribution in [3.05, 3.63) is 71.5 Å². The second kappa shape index (κ2) is 6.58. The van der Waals surface area contributed by atoms with E-state index in [0.717, 1.165) is 12.0 Å². The number of benzene rings is 2. The van der Waals surface area contributed by atoms with Gasteiger partial charge in [-0.25, -0.2) is 9.28 Å². The van der Waals surface area contributed by atoms with Gasteiger partial charge in [0.05, 0.1) is 0 Å². The van der Waals surface area contributed by atoms with Gasteiger partial charge in [-0.2, -0.15) is 14.7 Å². The van der Waals surface area contributed by atoms with Crippen molar-refractivity contribution in [2.75, 3.05) is 0 Å². The van der Waals surface area contributed by atoms with Gasteiger partial charge in [0.25, 0.3) is 0 Å². The largest absolute Gasteiger partial charge is 0.311 e. The van der Waals surface area contributed by atoms with E-state index in [2.05, 4.69) is 0 Å². The lowest BCUT2D eigenvalue weighted by molar-refractivity contribution is -0.593. The molecule has 24 heavy (non-hydrogen) atoms. The van der Waals surface area contributed by atoms with Crippen molar-refractivity contribution in [1.29, 1.82) is 0 Å². The molecule has 0 aromatic heterocycles. The van der Waals surface area contributed by atoms with Crippen LogP contribution in [0.2, 0.25) is 0 Å². The SMILES string of the molecule is Fc1ccc([C@@]23CCC[C@@H](OO[C@@H](c4ccccc4)OO2)O3)cc1. The van der Waals surface area contributed by atoms with Gasteiger partial charge in [0.1, 0.15) is 5.82 Å². The maximum absolute atomic E-state index is 13.2. The minimum absolute atomic E-state index is 0.323. The van der Waals surface area contributed by atoms with Gasteiger partial charge < -0.3 is 4.74 Å². The Morgan fingerprint density at radius 3 is 2.50 bits per heavy atom. The summed E-state index contributed by atoms with van der Waals surface area (Å²) in [6.45, 7) is 0. The predicted molar refractivity (Wildman–Crippen MR) is 80.3 cm³/mol. The van der Waals surface area contributed by atoms with E-state index in [4.69, 9.17) is 24.3 Å². The van der Waals surface area contributed by atoms with Gasteiger partial charge in [-0.3, -0.25) is 0 Å². The Bertz CT molecular complexity index is 678. The summed E-state index contributed by atoms with van der Waals surface area (Å²) in [5.74, 6) is -1.47. The van der Waals surface area contributed by atoms with Crippen LogP contribution in [0.5, 0.6) is 0 Å². The van der Waals surface area contributed by atoms with Crippen LogP contribution < -0.4 is 0 Å². The molecule has 6 heteroatoms. The third kappa shape index (κ3) is 3.07. The molecule has 0 saturated carbocycles. The third-order valence-electron chi connectivity index (χ3n) is 4.14. The number of hydrogen-bond acceptors (Lipinski definition) is 5. The van der Waals surface area contributed by atoms with Crippen molar-refractivity contribution in [2.45, 2.75) is 37.6 Å². The van der Waals surface area contributed by atoms with Gasteiger partial charge >= 0.3 is 0 Å². The van der Waals surface area contributed by atoms with Gasteiger partial charge in [-0.1, -0.05) is 42.5 Å². The first-order chi connectivity index (χ1) is 11.8. The summed E-state index contributed by atoms with van der Waals surface area (Å²) >= 11 is 0. The second-order valence-electron chi connectivity index (χ2n) is 5.81. The molecular formula is C18H17FO5. The summed E-state index contributed by atoms with van der Waals surface area (Å²) in [6, 6.07) is 15.3. The van der Waals surface area contributed by atoms with E-state index in [1.165, 1.54) is 12.1 Å². The monoisotopic (exact) mass is 332 g/mol. The quantitative estimate of drug-likeness (QED) is 0.774. The van der Waals surface area contributed by atoms with Crippen LogP contribution >= 0.6 is 0 Å². The smallest absolute Gasteiger partial charge is 0.249 e. The lowest BCUT2D eigenvalue weighted by Gasteiger charge is -2.41. The molecule has 0 unspecified atom stereocenters. The van der Waals surface area contributed by atoms with Crippen molar-refractivity contribution < 1.29 is 28.7 Å². The molecule has 4 rings (SSSR count). The first-order valence-electron chi connectivity index (χ1n) is 7.91. The van der Waals surface area contributed by atoms with Crippen molar-refractivity contribution in [2.24, 2.45) is 0 Å². The average Bonchev–Trinajstić information content (AvgIpc) is 2.62. The molecule has 2 aliphatic rings. The third-order valence-corrected chi connectivity index (χ3v) is 4.14. The molecule has 126 valence electrons. The highest BCUT2D eigenvalue weighted by Gasteiger charge is 2.45. The van der Waals surface area contributed by atoms with Crippen LogP contribution in [0, 0.1) is 5.82 Å².